The quantitative estimate of drug-likeness (QED) is 0.179. The van der Waals surface area contributed by atoms with Crippen molar-refractivity contribution in [3.05, 3.63) is 45.6 Å². The van der Waals surface area contributed by atoms with Crippen LogP contribution in [0.5, 0.6) is 5.75 Å². The third kappa shape index (κ3) is 6.10. The van der Waals surface area contributed by atoms with Crippen LogP contribution in [-0.4, -0.2) is 21.4 Å². The molecule has 0 aromatic heterocycles. The van der Waals surface area contributed by atoms with Gasteiger partial charge in [-0.05, 0) is 108 Å². The summed E-state index contributed by atoms with van der Waals surface area (Å²) >= 11 is 5.28. The zero-order valence-corrected chi connectivity index (χ0v) is 26.5. The third-order valence-corrected chi connectivity index (χ3v) is 10.6. The molecule has 0 saturated heterocycles. The normalized spacial score (nSPS) is 12.8. The minimum Gasteiger partial charge on any atom is -0.744 e. The van der Waals surface area contributed by atoms with Crippen LogP contribution in [0.15, 0.2) is 28.0 Å². The smallest absolute Gasteiger partial charge is 0.339 e. The largest absolute Gasteiger partial charge is 0.744 e. The Labute approximate surface area is 231 Å². The monoisotopic (exact) mass is 817 g/mol. The lowest BCUT2D eigenvalue weighted by atomic mass is 9.89. The highest BCUT2D eigenvalue weighted by Crippen LogP contribution is 2.40. The van der Waals surface area contributed by atoms with Crippen LogP contribution in [-0.2, 0) is 20.2 Å². The molecular weight excluding hydrogens is 793 g/mol. The molecule has 0 radical (unpaired) electrons. The molecular formula is C21H24I3O6S2-. The van der Waals surface area contributed by atoms with E-state index in [0.717, 1.165) is 5.56 Å². The van der Waals surface area contributed by atoms with Crippen LogP contribution in [0, 0.1) is 10.7 Å². The summed E-state index contributed by atoms with van der Waals surface area (Å²) in [6.45, 7) is 11.8. The van der Waals surface area contributed by atoms with Gasteiger partial charge >= 0.3 is 10.1 Å². The van der Waals surface area contributed by atoms with Crippen LogP contribution < -0.4 is 4.18 Å². The van der Waals surface area contributed by atoms with Crippen LogP contribution in [0.3, 0.4) is 0 Å². The van der Waals surface area contributed by atoms with Gasteiger partial charge in [-0.1, -0.05) is 53.7 Å². The van der Waals surface area contributed by atoms with Gasteiger partial charge in [-0.2, -0.15) is 8.42 Å². The van der Waals surface area contributed by atoms with E-state index in [1.54, 1.807) is 45.2 Å². The highest BCUT2D eigenvalue weighted by Gasteiger charge is 2.31. The first-order chi connectivity index (χ1) is 14.5. The number of hydrogen-bond donors (Lipinski definition) is 0. The fraction of sp³-hybridized carbons (Fsp3) is 0.429. The van der Waals surface area contributed by atoms with Gasteiger partial charge in [-0.15, -0.1) is 0 Å². The lowest BCUT2D eigenvalue weighted by Gasteiger charge is -2.23. The molecule has 2 aromatic rings. The first kappa shape index (κ1) is 28.5. The zero-order chi connectivity index (χ0) is 24.8. The van der Waals surface area contributed by atoms with Gasteiger partial charge in [0.15, 0.2) is 5.75 Å². The van der Waals surface area contributed by atoms with E-state index < -0.39 is 25.1 Å². The van der Waals surface area contributed by atoms with Crippen molar-refractivity contribution in [1.82, 2.24) is 0 Å². The molecule has 11 heteroatoms. The molecule has 0 atom stereocenters. The Morgan fingerprint density at radius 2 is 1.22 bits per heavy atom. The molecule has 32 heavy (non-hydrogen) atoms. The lowest BCUT2D eigenvalue weighted by molar-refractivity contribution is 0.457. The molecule has 178 valence electrons. The van der Waals surface area contributed by atoms with E-state index in [1.807, 2.05) is 62.4 Å². The van der Waals surface area contributed by atoms with Gasteiger partial charge in [0.05, 0.1) is 12.0 Å². The van der Waals surface area contributed by atoms with Crippen molar-refractivity contribution in [3.63, 3.8) is 0 Å². The van der Waals surface area contributed by atoms with Gasteiger partial charge < -0.3 is 8.74 Å². The molecule has 2 rings (SSSR count). The van der Waals surface area contributed by atoms with Crippen LogP contribution in [0.2, 0.25) is 0 Å². The molecule has 0 unspecified atom stereocenters. The maximum atomic E-state index is 13.6. The van der Waals surface area contributed by atoms with Crippen molar-refractivity contribution in [3.8, 4) is 5.75 Å². The van der Waals surface area contributed by atoms with E-state index >= 15 is 0 Å². The molecule has 0 heterocycles. The van der Waals surface area contributed by atoms with Crippen molar-refractivity contribution in [2.75, 3.05) is 0 Å². The van der Waals surface area contributed by atoms with Crippen molar-refractivity contribution in [2.45, 2.75) is 69.1 Å². The SMILES string of the molecule is CC(C)c1cc(C(C)C)c(S(=O)(=O)Oc2c(I)cc(I)c(S(=O)(=O)[O-])c2I)c(C(C)C)c1. The van der Waals surface area contributed by atoms with Gasteiger partial charge in [-0.25, -0.2) is 8.42 Å². The van der Waals surface area contributed by atoms with Gasteiger partial charge in [-0.3, -0.25) is 0 Å². The summed E-state index contributed by atoms with van der Waals surface area (Å²) < 4.78 is 68.7. The number of rotatable bonds is 7. The molecule has 0 aliphatic carbocycles. The minimum absolute atomic E-state index is 0.0477. The Balaban J connectivity index is 2.84. The first-order valence-corrected chi connectivity index (χ1v) is 15.8. The third-order valence-electron chi connectivity index (χ3n) is 4.86. The predicted octanol–water partition coefficient (Wildman–Crippen LogP) is 6.54. The molecule has 0 spiro atoms. The Kier molecular flexibility index (Phi) is 9.36. The van der Waals surface area contributed by atoms with E-state index in [0.29, 0.717) is 14.7 Å². The second-order valence-electron chi connectivity index (χ2n) is 8.30. The average molecular weight is 817 g/mol. The Bertz CT molecular complexity index is 1220. The second kappa shape index (κ2) is 10.5. The average Bonchev–Trinajstić information content (AvgIpc) is 2.62. The highest BCUT2D eigenvalue weighted by molar-refractivity contribution is 14.1. The highest BCUT2D eigenvalue weighted by atomic mass is 127. The van der Waals surface area contributed by atoms with E-state index in [1.165, 1.54) is 6.07 Å². The van der Waals surface area contributed by atoms with Crippen LogP contribution in [0.25, 0.3) is 0 Å². The van der Waals surface area contributed by atoms with E-state index in [2.05, 4.69) is 13.8 Å². The van der Waals surface area contributed by atoms with Gasteiger partial charge in [0, 0.05) is 3.57 Å². The standard InChI is InChI=1S/C21H25I3O6S2/c1-10(2)13-7-14(11(3)4)20(15(8-13)12(5)6)32(28,29)30-19-16(22)9-17(23)21(18(19)24)31(25,26)27/h7-12H,1-6H3,(H,25,26,27)/p-1. The van der Waals surface area contributed by atoms with Crippen molar-refractivity contribution >= 4 is 88.0 Å². The molecule has 2 aromatic carbocycles. The zero-order valence-electron chi connectivity index (χ0n) is 18.4. The number of halogens is 3. The summed E-state index contributed by atoms with van der Waals surface area (Å²) in [6.07, 6.45) is 0. The molecule has 0 saturated carbocycles. The van der Waals surface area contributed by atoms with Crippen LogP contribution in [0.4, 0.5) is 0 Å². The first-order valence-electron chi connectivity index (χ1n) is 9.74. The summed E-state index contributed by atoms with van der Waals surface area (Å²) in [4.78, 5) is -0.379. The summed E-state index contributed by atoms with van der Waals surface area (Å²) in [5, 5.41) is 0. The summed E-state index contributed by atoms with van der Waals surface area (Å²) in [6, 6.07) is 5.22. The number of hydrogen-bond acceptors (Lipinski definition) is 6. The van der Waals surface area contributed by atoms with Gasteiger partial charge in [0.25, 0.3) is 0 Å². The molecule has 0 N–H and O–H groups in total. The van der Waals surface area contributed by atoms with Crippen molar-refractivity contribution in [2.24, 2.45) is 0 Å². The molecule has 0 fully saturated rings. The summed E-state index contributed by atoms with van der Waals surface area (Å²) in [7, 11) is -9.16. The Hall–Kier alpha value is 0.290. The predicted molar refractivity (Wildman–Crippen MR) is 149 cm³/mol. The molecule has 0 amide bonds. The lowest BCUT2D eigenvalue weighted by Crippen LogP contribution is -2.19. The molecule has 0 aliphatic heterocycles. The Morgan fingerprint density at radius 3 is 1.59 bits per heavy atom. The van der Waals surface area contributed by atoms with Crippen molar-refractivity contribution in [1.29, 1.82) is 0 Å². The molecule has 6 nitrogen and oxygen atoms in total. The fourth-order valence-electron chi connectivity index (χ4n) is 3.19. The molecule has 0 aliphatic rings. The summed E-state index contributed by atoms with van der Waals surface area (Å²) in [5.41, 5.74) is 2.33. The van der Waals surface area contributed by atoms with Crippen LogP contribution >= 0.6 is 67.8 Å². The molecule has 0 bridgehead atoms. The van der Waals surface area contributed by atoms with E-state index in [4.69, 9.17) is 4.18 Å². The number of benzene rings is 2. The maximum absolute atomic E-state index is 13.6. The second-order valence-corrected chi connectivity index (χ2v) is 14.5. The van der Waals surface area contributed by atoms with Crippen LogP contribution in [0.1, 0.15) is 76.0 Å². The topological polar surface area (TPSA) is 101 Å². The Morgan fingerprint density at radius 1 is 0.750 bits per heavy atom. The van der Waals surface area contributed by atoms with Gasteiger partial charge in [0.1, 0.15) is 15.0 Å². The van der Waals surface area contributed by atoms with Gasteiger partial charge in [0.2, 0.25) is 0 Å². The van der Waals surface area contributed by atoms with E-state index in [-0.39, 0.29) is 35.5 Å². The van der Waals surface area contributed by atoms with Crippen molar-refractivity contribution < 1.29 is 25.6 Å². The summed E-state index contributed by atoms with van der Waals surface area (Å²) in [5.74, 6) is -0.122. The fourth-order valence-corrected chi connectivity index (χ4v) is 11.0. The van der Waals surface area contributed by atoms with E-state index in [9.17, 15) is 21.4 Å². The minimum atomic E-state index is -4.83. The maximum Gasteiger partial charge on any atom is 0.339 e.